The summed E-state index contributed by atoms with van der Waals surface area (Å²) in [6.45, 7) is 1.73. The Hall–Kier alpha value is -0.240. The maximum absolute atomic E-state index is 11.1. The van der Waals surface area contributed by atoms with Crippen molar-refractivity contribution in [2.24, 2.45) is 11.8 Å². The molecule has 0 amide bonds. The number of thiophene rings is 1. The third kappa shape index (κ3) is 9.09. The van der Waals surface area contributed by atoms with Gasteiger partial charge in [-0.3, -0.25) is 4.57 Å². The topological polar surface area (TPSA) is 118 Å². The number of aliphatic hydroxyl groups is 3. The van der Waals surface area contributed by atoms with Crippen LogP contribution in [-0.2, 0) is 17.1 Å². The zero-order valence-corrected chi connectivity index (χ0v) is 19.8. The van der Waals surface area contributed by atoms with Crippen molar-refractivity contribution in [2.75, 3.05) is 0 Å². The zero-order chi connectivity index (χ0) is 22.3. The lowest BCUT2D eigenvalue weighted by atomic mass is 9.89. The molecule has 1 aromatic heterocycles. The molecule has 0 aliphatic heterocycles. The molecule has 1 heterocycles. The average Bonchev–Trinajstić information content (AvgIpc) is 3.15. The molecule has 1 fully saturated rings. The lowest BCUT2D eigenvalue weighted by molar-refractivity contribution is 0.138. The highest BCUT2D eigenvalue weighted by Gasteiger charge is 2.39. The maximum atomic E-state index is 11.1. The normalized spacial score (nSPS) is 27.0. The molecule has 6 atom stereocenters. The Morgan fingerprint density at radius 3 is 2.60 bits per heavy atom. The fourth-order valence-electron chi connectivity index (χ4n) is 4.07. The Morgan fingerprint density at radius 1 is 1.23 bits per heavy atom. The Labute approximate surface area is 187 Å². The van der Waals surface area contributed by atoms with Crippen LogP contribution < -0.4 is 0 Å². The van der Waals surface area contributed by atoms with Crippen molar-refractivity contribution >= 4 is 30.5 Å². The second-order valence-electron chi connectivity index (χ2n) is 8.38. The molecular formula is C21H34ClO6PS. The molecule has 1 aliphatic rings. The third-order valence-electron chi connectivity index (χ3n) is 5.59. The smallest absolute Gasteiger partial charge is 0.330 e. The van der Waals surface area contributed by atoms with Crippen molar-refractivity contribution in [1.82, 2.24) is 0 Å². The second kappa shape index (κ2) is 12.1. The Morgan fingerprint density at radius 2 is 1.93 bits per heavy atom. The summed E-state index contributed by atoms with van der Waals surface area (Å²) in [4.78, 5) is 20.0. The van der Waals surface area contributed by atoms with E-state index in [1.54, 1.807) is 19.1 Å². The van der Waals surface area contributed by atoms with E-state index in [1.165, 1.54) is 11.3 Å². The first kappa shape index (κ1) is 26.0. The molecule has 2 rings (SSSR count). The minimum Gasteiger partial charge on any atom is -0.393 e. The highest BCUT2D eigenvalue weighted by molar-refractivity contribution is 7.51. The van der Waals surface area contributed by atoms with E-state index in [4.69, 9.17) is 21.4 Å². The SMILES string of the molecule is C[C@@H](O)CCC[C@H](O)C=C[C@@H]1[C@@H](CCCc2ccc(CP(=O)(O)O)s2)[C@H](Cl)C[C@H]1O. The van der Waals surface area contributed by atoms with Crippen LogP contribution in [0, 0.1) is 11.8 Å². The average molecular weight is 481 g/mol. The molecule has 0 bridgehead atoms. The zero-order valence-electron chi connectivity index (χ0n) is 17.3. The van der Waals surface area contributed by atoms with Crippen molar-refractivity contribution in [1.29, 1.82) is 0 Å². The van der Waals surface area contributed by atoms with Gasteiger partial charge in [-0.05, 0) is 69.9 Å². The van der Waals surface area contributed by atoms with Crippen molar-refractivity contribution in [3.63, 3.8) is 0 Å². The molecule has 0 radical (unpaired) electrons. The maximum Gasteiger partial charge on any atom is 0.330 e. The van der Waals surface area contributed by atoms with E-state index >= 15 is 0 Å². The van der Waals surface area contributed by atoms with Crippen molar-refractivity contribution in [3.05, 3.63) is 34.0 Å². The molecule has 172 valence electrons. The van der Waals surface area contributed by atoms with Gasteiger partial charge in [-0.2, -0.15) is 0 Å². The van der Waals surface area contributed by atoms with E-state index in [-0.39, 0.29) is 29.5 Å². The molecule has 6 nitrogen and oxygen atoms in total. The van der Waals surface area contributed by atoms with Crippen molar-refractivity contribution in [3.8, 4) is 0 Å². The van der Waals surface area contributed by atoms with Gasteiger partial charge in [-0.1, -0.05) is 12.2 Å². The molecule has 0 aromatic carbocycles. The first-order valence-electron chi connectivity index (χ1n) is 10.5. The molecule has 0 spiro atoms. The first-order chi connectivity index (χ1) is 14.0. The number of rotatable bonds is 12. The van der Waals surface area contributed by atoms with Gasteiger partial charge in [0, 0.05) is 21.0 Å². The predicted octanol–water partition coefficient (Wildman–Crippen LogP) is 3.82. The predicted molar refractivity (Wildman–Crippen MR) is 121 cm³/mol. The van der Waals surface area contributed by atoms with Crippen LogP contribution in [0.2, 0.25) is 0 Å². The summed E-state index contributed by atoms with van der Waals surface area (Å²) in [6, 6.07) is 3.69. The number of hydrogen-bond donors (Lipinski definition) is 5. The van der Waals surface area contributed by atoms with Gasteiger partial charge in [0.15, 0.2) is 0 Å². The number of aryl methyl sites for hydroxylation is 1. The number of aliphatic hydroxyl groups excluding tert-OH is 3. The monoisotopic (exact) mass is 480 g/mol. The second-order valence-corrected chi connectivity index (χ2v) is 11.8. The molecule has 1 aromatic rings. The summed E-state index contributed by atoms with van der Waals surface area (Å²) in [5.74, 6) is 0.0320. The van der Waals surface area contributed by atoms with Gasteiger partial charge in [0.2, 0.25) is 0 Å². The van der Waals surface area contributed by atoms with Gasteiger partial charge in [-0.25, -0.2) is 0 Å². The van der Waals surface area contributed by atoms with E-state index in [1.807, 2.05) is 12.1 Å². The molecule has 9 heteroatoms. The molecule has 0 saturated heterocycles. The molecule has 1 saturated carbocycles. The Kier molecular flexibility index (Phi) is 10.5. The lowest BCUT2D eigenvalue weighted by Gasteiger charge is -2.21. The molecular weight excluding hydrogens is 447 g/mol. The minimum atomic E-state index is -4.04. The van der Waals surface area contributed by atoms with Gasteiger partial charge in [0.25, 0.3) is 0 Å². The van der Waals surface area contributed by atoms with Crippen LogP contribution in [0.4, 0.5) is 0 Å². The van der Waals surface area contributed by atoms with Crippen LogP contribution >= 0.6 is 30.5 Å². The number of halogens is 1. The van der Waals surface area contributed by atoms with E-state index in [2.05, 4.69) is 0 Å². The van der Waals surface area contributed by atoms with E-state index in [0.717, 1.165) is 30.6 Å². The number of hydrogen-bond acceptors (Lipinski definition) is 5. The van der Waals surface area contributed by atoms with E-state index in [9.17, 15) is 19.9 Å². The van der Waals surface area contributed by atoms with Gasteiger partial charge >= 0.3 is 7.60 Å². The van der Waals surface area contributed by atoms with Gasteiger partial charge in [-0.15, -0.1) is 22.9 Å². The summed E-state index contributed by atoms with van der Waals surface area (Å²) in [6.07, 6.45) is 6.96. The highest BCUT2D eigenvalue weighted by atomic mass is 35.5. The first-order valence-corrected chi connectivity index (χ1v) is 13.6. The Balaban J connectivity index is 1.84. The molecule has 0 unspecified atom stereocenters. The van der Waals surface area contributed by atoms with E-state index < -0.39 is 19.8 Å². The summed E-state index contributed by atoms with van der Waals surface area (Å²) >= 11 is 7.92. The van der Waals surface area contributed by atoms with Gasteiger partial charge < -0.3 is 25.1 Å². The number of alkyl halides is 1. The molecule has 30 heavy (non-hydrogen) atoms. The van der Waals surface area contributed by atoms with Crippen LogP contribution in [0.3, 0.4) is 0 Å². The van der Waals surface area contributed by atoms with Crippen LogP contribution in [-0.4, -0.2) is 48.8 Å². The van der Waals surface area contributed by atoms with Crippen LogP contribution in [0.15, 0.2) is 24.3 Å². The van der Waals surface area contributed by atoms with Crippen LogP contribution in [0.25, 0.3) is 0 Å². The molecule has 1 aliphatic carbocycles. The summed E-state index contributed by atoms with van der Waals surface area (Å²) < 4.78 is 11.1. The summed E-state index contributed by atoms with van der Waals surface area (Å²) in [5, 5.41) is 29.7. The minimum absolute atomic E-state index is 0.0903. The van der Waals surface area contributed by atoms with Crippen molar-refractivity contribution in [2.45, 2.75) is 81.7 Å². The standard InChI is InChI=1S/C21H34ClO6PS/c1-14(23)4-2-5-15(24)8-11-19-18(20(22)12-21(19)25)7-3-6-16-9-10-17(30-16)13-29(26,27)28/h8-11,14-15,18-21,23-25H,2-7,12-13H2,1H3,(H2,26,27,28)/t14-,15+,18-,19-,20-,21-/m1/s1. The van der Waals surface area contributed by atoms with Crippen molar-refractivity contribution < 1.29 is 29.7 Å². The fraction of sp³-hybridized carbons (Fsp3) is 0.714. The Bertz CT molecular complexity index is 718. The lowest BCUT2D eigenvalue weighted by Crippen LogP contribution is -2.19. The summed E-state index contributed by atoms with van der Waals surface area (Å²) in [5.41, 5.74) is 0. The van der Waals surface area contributed by atoms with Crippen LogP contribution in [0.1, 0.15) is 55.2 Å². The molecule has 5 N–H and O–H groups in total. The quantitative estimate of drug-likeness (QED) is 0.176. The fourth-order valence-corrected chi connectivity index (χ4v) is 6.67. The third-order valence-corrected chi connectivity index (χ3v) is 8.20. The largest absolute Gasteiger partial charge is 0.393 e. The van der Waals surface area contributed by atoms with Crippen LogP contribution in [0.5, 0.6) is 0 Å². The van der Waals surface area contributed by atoms with Gasteiger partial charge in [0.05, 0.1) is 24.5 Å². The van der Waals surface area contributed by atoms with E-state index in [0.29, 0.717) is 24.1 Å². The van der Waals surface area contributed by atoms with Gasteiger partial charge in [0.1, 0.15) is 0 Å². The summed E-state index contributed by atoms with van der Waals surface area (Å²) in [7, 11) is -4.04. The highest BCUT2D eigenvalue weighted by Crippen LogP contribution is 2.42.